The number of hydrogen-bond acceptors (Lipinski definition) is 4. The highest BCUT2D eigenvalue weighted by molar-refractivity contribution is 5.97. The number of aromatic nitrogens is 2. The van der Waals surface area contributed by atoms with Gasteiger partial charge in [0.2, 0.25) is 0 Å². The highest BCUT2D eigenvalue weighted by Crippen LogP contribution is 2.17. The minimum Gasteiger partial charge on any atom is -0.349 e. The minimum absolute atomic E-state index is 0.0892. The van der Waals surface area contributed by atoms with Gasteiger partial charge >= 0.3 is 0 Å². The first-order chi connectivity index (χ1) is 17.1. The first-order valence-electron chi connectivity index (χ1n) is 12.2. The average Bonchev–Trinajstić information content (AvgIpc) is 2.89. The molecule has 0 atom stereocenters. The zero-order valence-corrected chi connectivity index (χ0v) is 20.0. The molecule has 1 N–H and O–H groups in total. The summed E-state index contributed by atoms with van der Waals surface area (Å²) < 4.78 is 1.73. The summed E-state index contributed by atoms with van der Waals surface area (Å²) in [5.74, 6) is -0.0892. The van der Waals surface area contributed by atoms with Crippen molar-refractivity contribution in [1.29, 1.82) is 0 Å². The van der Waals surface area contributed by atoms with Gasteiger partial charge < -0.3 is 9.88 Å². The summed E-state index contributed by atoms with van der Waals surface area (Å²) in [7, 11) is 0. The normalized spacial score (nSPS) is 14.8. The van der Waals surface area contributed by atoms with Crippen LogP contribution >= 0.6 is 0 Å². The number of amides is 1. The first kappa shape index (κ1) is 23.0. The first-order valence-corrected chi connectivity index (χ1v) is 12.2. The van der Waals surface area contributed by atoms with Crippen LogP contribution in [0.4, 0.5) is 0 Å². The van der Waals surface area contributed by atoms with Gasteiger partial charge in [0.25, 0.3) is 11.5 Å². The lowest BCUT2D eigenvalue weighted by Crippen LogP contribution is -2.44. The molecule has 0 spiro atoms. The molecule has 0 unspecified atom stereocenters. The van der Waals surface area contributed by atoms with Crippen LogP contribution < -0.4 is 10.9 Å². The smallest absolute Gasteiger partial charge is 0.272 e. The lowest BCUT2D eigenvalue weighted by atomic mass is 10.0. The molecule has 6 heteroatoms. The molecule has 5 rings (SSSR count). The van der Waals surface area contributed by atoms with Crippen molar-refractivity contribution >= 4 is 16.9 Å². The number of carbonyl (C=O) groups excluding carboxylic acids is 1. The quantitative estimate of drug-likeness (QED) is 0.464. The van der Waals surface area contributed by atoms with Crippen LogP contribution in [0, 0.1) is 6.92 Å². The molecule has 178 valence electrons. The zero-order valence-electron chi connectivity index (χ0n) is 20.0. The third-order valence-corrected chi connectivity index (χ3v) is 6.73. The number of piperidine rings is 1. The second kappa shape index (κ2) is 10.2. The number of nitrogens with one attached hydrogen (secondary N) is 1. The lowest BCUT2D eigenvalue weighted by molar-refractivity contribution is 0.0909. The molecule has 6 nitrogen and oxygen atoms in total. The van der Waals surface area contributed by atoms with Gasteiger partial charge in [-0.15, -0.1) is 0 Å². The highest BCUT2D eigenvalue weighted by atomic mass is 16.1. The molecule has 2 heterocycles. The summed E-state index contributed by atoms with van der Waals surface area (Å²) in [6.45, 7) is 5.06. The van der Waals surface area contributed by atoms with Crippen LogP contribution in [0.1, 0.15) is 40.0 Å². The molecule has 0 saturated carbocycles. The molecule has 1 saturated heterocycles. The molecule has 1 aliphatic heterocycles. The Morgan fingerprint density at radius 2 is 1.54 bits per heavy atom. The van der Waals surface area contributed by atoms with Crippen LogP contribution in [-0.2, 0) is 13.1 Å². The van der Waals surface area contributed by atoms with E-state index in [-0.39, 0.29) is 17.5 Å². The van der Waals surface area contributed by atoms with Crippen LogP contribution in [0.25, 0.3) is 11.0 Å². The van der Waals surface area contributed by atoms with Crippen LogP contribution in [0.5, 0.6) is 0 Å². The predicted molar refractivity (Wildman–Crippen MR) is 138 cm³/mol. The van der Waals surface area contributed by atoms with Crippen molar-refractivity contribution < 1.29 is 4.79 Å². The van der Waals surface area contributed by atoms with Crippen LogP contribution in [-0.4, -0.2) is 39.5 Å². The maximum absolute atomic E-state index is 13.0. The van der Waals surface area contributed by atoms with Crippen molar-refractivity contribution in [3.8, 4) is 0 Å². The van der Waals surface area contributed by atoms with Crippen molar-refractivity contribution in [3.05, 3.63) is 112 Å². The van der Waals surface area contributed by atoms with Gasteiger partial charge in [-0.2, -0.15) is 0 Å². The van der Waals surface area contributed by atoms with E-state index in [1.165, 1.54) is 5.56 Å². The number of rotatable bonds is 6. The molecule has 35 heavy (non-hydrogen) atoms. The third-order valence-electron chi connectivity index (χ3n) is 6.73. The molecular weight excluding hydrogens is 436 g/mol. The number of aryl methyl sites for hydroxylation is 1. The average molecular weight is 467 g/mol. The fourth-order valence-corrected chi connectivity index (χ4v) is 4.78. The van der Waals surface area contributed by atoms with Gasteiger partial charge in [0.15, 0.2) is 0 Å². The Bertz CT molecular complexity index is 1370. The largest absolute Gasteiger partial charge is 0.349 e. The zero-order chi connectivity index (χ0) is 24.2. The van der Waals surface area contributed by atoms with E-state index in [0.29, 0.717) is 23.3 Å². The molecule has 0 aliphatic carbocycles. The third kappa shape index (κ3) is 5.33. The van der Waals surface area contributed by atoms with Gasteiger partial charge in [0.1, 0.15) is 5.69 Å². The summed E-state index contributed by atoms with van der Waals surface area (Å²) in [5, 5.41) is 3.20. The lowest BCUT2D eigenvalue weighted by Gasteiger charge is -2.32. The van der Waals surface area contributed by atoms with E-state index in [1.54, 1.807) is 23.6 Å². The summed E-state index contributed by atoms with van der Waals surface area (Å²) in [5.41, 5.74) is 4.64. The van der Waals surface area contributed by atoms with Crippen LogP contribution in [0.2, 0.25) is 0 Å². The monoisotopic (exact) mass is 466 g/mol. The van der Waals surface area contributed by atoms with Gasteiger partial charge in [0.05, 0.1) is 17.6 Å². The summed E-state index contributed by atoms with van der Waals surface area (Å²) in [6, 6.07) is 26.0. The maximum atomic E-state index is 13.0. The summed E-state index contributed by atoms with van der Waals surface area (Å²) in [6.07, 6.45) is 1.86. The molecule has 3 aromatic carbocycles. The number of fused-ring (bicyclic) bond motifs is 1. The molecule has 1 amide bonds. The maximum Gasteiger partial charge on any atom is 0.272 e. The minimum atomic E-state index is -0.110. The Balaban J connectivity index is 1.27. The Kier molecular flexibility index (Phi) is 6.73. The van der Waals surface area contributed by atoms with Crippen LogP contribution in [0.3, 0.4) is 0 Å². The van der Waals surface area contributed by atoms with Crippen molar-refractivity contribution in [3.63, 3.8) is 0 Å². The van der Waals surface area contributed by atoms with E-state index in [4.69, 9.17) is 0 Å². The Morgan fingerprint density at radius 3 is 2.20 bits per heavy atom. The van der Waals surface area contributed by atoms with Crippen molar-refractivity contribution in [2.75, 3.05) is 13.1 Å². The molecular formula is C29H30N4O2. The molecule has 0 radical (unpaired) electrons. The number of carbonyl (C=O) groups is 1. The second-order valence-corrected chi connectivity index (χ2v) is 9.29. The van der Waals surface area contributed by atoms with Crippen molar-refractivity contribution in [1.82, 2.24) is 19.8 Å². The van der Waals surface area contributed by atoms with Gasteiger partial charge in [-0.25, -0.2) is 4.98 Å². The number of nitrogens with zero attached hydrogens (tertiary/aromatic N) is 3. The fraction of sp³-hybridized carbons (Fsp3) is 0.276. The second-order valence-electron chi connectivity index (χ2n) is 9.29. The molecule has 1 fully saturated rings. The van der Waals surface area contributed by atoms with Gasteiger partial charge in [-0.05, 0) is 49.1 Å². The topological polar surface area (TPSA) is 67.2 Å². The van der Waals surface area contributed by atoms with E-state index < -0.39 is 0 Å². The number of benzene rings is 3. The van der Waals surface area contributed by atoms with E-state index in [0.717, 1.165) is 43.6 Å². The van der Waals surface area contributed by atoms with Crippen LogP contribution in [0.15, 0.2) is 83.7 Å². The van der Waals surface area contributed by atoms with E-state index in [1.807, 2.05) is 42.5 Å². The Hall–Kier alpha value is -3.77. The molecule has 4 aromatic rings. The highest BCUT2D eigenvalue weighted by Gasteiger charge is 2.21. The molecule has 1 aromatic heterocycles. The SMILES string of the molecule is Cc1nc2cc(C(=O)NC3CCN(Cc4ccccc4)CC3)ccc2n(Cc2ccccc2)c1=O. The predicted octanol–water partition coefficient (Wildman–Crippen LogP) is 4.15. The van der Waals surface area contributed by atoms with E-state index >= 15 is 0 Å². The standard InChI is InChI=1S/C29H30N4O2/c1-21-29(35)33(20-23-10-6-3-7-11-23)27-13-12-24(18-26(27)30-21)28(34)31-25-14-16-32(17-15-25)19-22-8-4-2-5-9-22/h2-13,18,25H,14-17,19-20H2,1H3,(H,31,34). The summed E-state index contributed by atoms with van der Waals surface area (Å²) in [4.78, 5) is 32.8. The van der Waals surface area contributed by atoms with Crippen molar-refractivity contribution in [2.24, 2.45) is 0 Å². The van der Waals surface area contributed by atoms with Gasteiger partial charge in [-0.3, -0.25) is 14.5 Å². The van der Waals surface area contributed by atoms with E-state index in [2.05, 4.69) is 39.5 Å². The Morgan fingerprint density at radius 1 is 0.914 bits per heavy atom. The van der Waals surface area contributed by atoms with Gasteiger partial charge in [0, 0.05) is 31.2 Å². The fourth-order valence-electron chi connectivity index (χ4n) is 4.78. The van der Waals surface area contributed by atoms with E-state index in [9.17, 15) is 9.59 Å². The van der Waals surface area contributed by atoms with Gasteiger partial charge in [-0.1, -0.05) is 60.7 Å². The number of hydrogen-bond donors (Lipinski definition) is 1. The molecule has 1 aliphatic rings. The molecule has 0 bridgehead atoms. The summed E-state index contributed by atoms with van der Waals surface area (Å²) >= 11 is 0. The number of likely N-dealkylation sites (tertiary alicyclic amines) is 1. The Labute approximate surface area is 205 Å². The van der Waals surface area contributed by atoms with Crippen molar-refractivity contribution in [2.45, 2.75) is 38.9 Å².